The summed E-state index contributed by atoms with van der Waals surface area (Å²) >= 11 is 0. The first-order chi connectivity index (χ1) is 14.2. The fourth-order valence-electron chi connectivity index (χ4n) is 3.00. The monoisotopic (exact) mass is 407 g/mol. The van der Waals surface area contributed by atoms with Gasteiger partial charge in [-0.3, -0.25) is 9.36 Å². The molecule has 0 atom stereocenters. The van der Waals surface area contributed by atoms with Crippen molar-refractivity contribution in [2.24, 2.45) is 0 Å². The van der Waals surface area contributed by atoms with E-state index in [0.29, 0.717) is 18.1 Å². The molecular weight excluding hydrogens is 378 g/mol. The third-order valence-corrected chi connectivity index (χ3v) is 4.75. The Morgan fingerprint density at radius 1 is 0.967 bits per heavy atom. The summed E-state index contributed by atoms with van der Waals surface area (Å²) in [4.78, 5) is 12.6. The van der Waals surface area contributed by atoms with Gasteiger partial charge in [-0.05, 0) is 68.1 Å². The van der Waals surface area contributed by atoms with Crippen molar-refractivity contribution in [2.75, 3.05) is 6.61 Å². The zero-order chi connectivity index (χ0) is 21.7. The lowest BCUT2D eigenvalue weighted by atomic mass is 10.1. The zero-order valence-electron chi connectivity index (χ0n) is 18.0. The Labute approximate surface area is 177 Å². The van der Waals surface area contributed by atoms with Gasteiger partial charge in [0.25, 0.3) is 5.56 Å². The van der Waals surface area contributed by atoms with Gasteiger partial charge in [-0.2, -0.15) is 0 Å². The van der Waals surface area contributed by atoms with E-state index in [9.17, 15) is 9.90 Å². The third kappa shape index (κ3) is 5.74. The van der Waals surface area contributed by atoms with E-state index in [2.05, 4.69) is 19.1 Å². The van der Waals surface area contributed by atoms with E-state index < -0.39 is 5.60 Å². The predicted molar refractivity (Wildman–Crippen MR) is 119 cm³/mol. The quantitative estimate of drug-likeness (QED) is 0.600. The maximum absolute atomic E-state index is 12.6. The van der Waals surface area contributed by atoms with Gasteiger partial charge in [0.2, 0.25) is 0 Å². The average Bonchev–Trinajstić information content (AvgIpc) is 2.71. The molecule has 0 amide bonds. The van der Waals surface area contributed by atoms with Gasteiger partial charge in [-0.25, -0.2) is 0 Å². The Balaban J connectivity index is 1.70. The number of nitrogens with zero attached hydrogens (tertiary/aromatic N) is 1. The van der Waals surface area contributed by atoms with Crippen molar-refractivity contribution in [1.82, 2.24) is 4.57 Å². The van der Waals surface area contributed by atoms with Gasteiger partial charge < -0.3 is 14.6 Å². The lowest BCUT2D eigenvalue weighted by Gasteiger charge is -2.19. The van der Waals surface area contributed by atoms with Gasteiger partial charge >= 0.3 is 0 Å². The highest BCUT2D eigenvalue weighted by Gasteiger charge is 2.14. The molecule has 30 heavy (non-hydrogen) atoms. The SMILES string of the molecule is CCc1ccc(COc2ccn(-c3ccc(OCC(C)(C)O)c(C)c3)c(=O)c2)cc1. The Morgan fingerprint density at radius 2 is 1.67 bits per heavy atom. The number of ether oxygens (including phenoxy) is 2. The molecule has 5 nitrogen and oxygen atoms in total. The smallest absolute Gasteiger partial charge is 0.258 e. The van der Waals surface area contributed by atoms with Crippen LogP contribution in [-0.4, -0.2) is 21.9 Å². The van der Waals surface area contributed by atoms with Crippen molar-refractivity contribution in [3.63, 3.8) is 0 Å². The summed E-state index contributed by atoms with van der Waals surface area (Å²) in [7, 11) is 0. The molecule has 0 aliphatic rings. The van der Waals surface area contributed by atoms with E-state index in [1.165, 1.54) is 11.6 Å². The molecule has 0 bridgehead atoms. The number of hydrogen-bond acceptors (Lipinski definition) is 4. The lowest BCUT2D eigenvalue weighted by Crippen LogP contribution is -2.28. The van der Waals surface area contributed by atoms with E-state index in [0.717, 1.165) is 23.2 Å². The second-order valence-electron chi connectivity index (χ2n) is 8.08. The molecule has 1 aromatic heterocycles. The number of aromatic nitrogens is 1. The highest BCUT2D eigenvalue weighted by molar-refractivity contribution is 5.44. The van der Waals surface area contributed by atoms with Crippen molar-refractivity contribution in [3.05, 3.63) is 87.8 Å². The number of hydrogen-bond donors (Lipinski definition) is 1. The second-order valence-corrected chi connectivity index (χ2v) is 8.08. The van der Waals surface area contributed by atoms with E-state index in [-0.39, 0.29) is 12.2 Å². The average molecular weight is 408 g/mol. The molecule has 0 aliphatic carbocycles. The standard InChI is InChI=1S/C25H29NO4/c1-5-19-6-8-20(9-7-19)16-29-22-12-13-26(24(27)15-22)21-10-11-23(18(2)14-21)30-17-25(3,4)28/h6-15,28H,5,16-17H2,1-4H3. The van der Waals surface area contributed by atoms with E-state index >= 15 is 0 Å². The van der Waals surface area contributed by atoms with Crippen molar-refractivity contribution in [3.8, 4) is 17.2 Å². The second kappa shape index (κ2) is 9.18. The number of rotatable bonds is 8. The van der Waals surface area contributed by atoms with Crippen LogP contribution >= 0.6 is 0 Å². The highest BCUT2D eigenvalue weighted by atomic mass is 16.5. The summed E-state index contributed by atoms with van der Waals surface area (Å²) in [6.07, 6.45) is 2.72. The number of benzene rings is 2. The summed E-state index contributed by atoms with van der Waals surface area (Å²) in [6, 6.07) is 17.1. The fourth-order valence-corrected chi connectivity index (χ4v) is 3.00. The van der Waals surface area contributed by atoms with E-state index in [4.69, 9.17) is 9.47 Å². The van der Waals surface area contributed by atoms with E-state index in [1.807, 2.05) is 37.3 Å². The molecule has 0 saturated heterocycles. The molecule has 3 aromatic rings. The van der Waals surface area contributed by atoms with Crippen LogP contribution in [-0.2, 0) is 13.0 Å². The summed E-state index contributed by atoms with van der Waals surface area (Å²) in [5.41, 5.74) is 2.91. The molecule has 1 heterocycles. The minimum Gasteiger partial charge on any atom is -0.490 e. The normalized spacial score (nSPS) is 11.4. The first-order valence-corrected chi connectivity index (χ1v) is 10.1. The highest BCUT2D eigenvalue weighted by Crippen LogP contribution is 2.22. The van der Waals surface area contributed by atoms with Crippen LogP contribution in [0.25, 0.3) is 5.69 Å². The van der Waals surface area contributed by atoms with Gasteiger partial charge in [0, 0.05) is 18.0 Å². The van der Waals surface area contributed by atoms with Crippen LogP contribution in [0.3, 0.4) is 0 Å². The molecule has 0 radical (unpaired) electrons. The third-order valence-electron chi connectivity index (χ3n) is 4.75. The van der Waals surface area contributed by atoms with E-state index in [1.54, 1.807) is 30.7 Å². The lowest BCUT2D eigenvalue weighted by molar-refractivity contribution is 0.0282. The summed E-state index contributed by atoms with van der Waals surface area (Å²) in [5, 5.41) is 9.82. The zero-order valence-corrected chi connectivity index (χ0v) is 18.0. The van der Waals surface area contributed by atoms with Gasteiger partial charge in [-0.1, -0.05) is 31.2 Å². The first kappa shape index (κ1) is 21.7. The largest absolute Gasteiger partial charge is 0.490 e. The van der Waals surface area contributed by atoms with Crippen molar-refractivity contribution in [2.45, 2.75) is 46.3 Å². The molecule has 1 N–H and O–H groups in total. The van der Waals surface area contributed by atoms with Crippen LogP contribution in [0, 0.1) is 6.92 Å². The maximum atomic E-state index is 12.6. The molecule has 0 spiro atoms. The van der Waals surface area contributed by atoms with Crippen LogP contribution in [0.1, 0.15) is 37.5 Å². The summed E-state index contributed by atoms with van der Waals surface area (Å²) < 4.78 is 13.0. The topological polar surface area (TPSA) is 60.7 Å². The molecule has 158 valence electrons. The summed E-state index contributed by atoms with van der Waals surface area (Å²) in [5.74, 6) is 1.22. The number of aliphatic hydroxyl groups is 1. The molecule has 0 unspecified atom stereocenters. The van der Waals surface area contributed by atoms with Crippen LogP contribution < -0.4 is 15.0 Å². The van der Waals surface area contributed by atoms with Gasteiger partial charge in [0.05, 0.1) is 5.60 Å². The van der Waals surface area contributed by atoms with Gasteiger partial charge in [0.1, 0.15) is 24.7 Å². The molecule has 2 aromatic carbocycles. The van der Waals surface area contributed by atoms with Gasteiger partial charge in [-0.15, -0.1) is 0 Å². The Hall–Kier alpha value is -3.05. The Morgan fingerprint density at radius 3 is 2.27 bits per heavy atom. The number of aryl methyl sites for hydroxylation is 2. The fraction of sp³-hybridized carbons (Fsp3) is 0.320. The van der Waals surface area contributed by atoms with Crippen molar-refractivity contribution in [1.29, 1.82) is 0 Å². The van der Waals surface area contributed by atoms with Crippen molar-refractivity contribution >= 4 is 0 Å². The first-order valence-electron chi connectivity index (χ1n) is 10.1. The molecule has 0 saturated carbocycles. The van der Waals surface area contributed by atoms with Crippen LogP contribution in [0.4, 0.5) is 0 Å². The van der Waals surface area contributed by atoms with Crippen molar-refractivity contribution < 1.29 is 14.6 Å². The molecular formula is C25H29NO4. The summed E-state index contributed by atoms with van der Waals surface area (Å²) in [6.45, 7) is 8.04. The minimum absolute atomic E-state index is 0.168. The maximum Gasteiger partial charge on any atom is 0.258 e. The Bertz CT molecular complexity index is 1050. The minimum atomic E-state index is -0.907. The van der Waals surface area contributed by atoms with Gasteiger partial charge in [0.15, 0.2) is 0 Å². The molecule has 5 heteroatoms. The predicted octanol–water partition coefficient (Wildman–Crippen LogP) is 4.44. The van der Waals surface area contributed by atoms with Crippen LogP contribution in [0.5, 0.6) is 11.5 Å². The molecule has 0 fully saturated rings. The Kier molecular flexibility index (Phi) is 6.63. The molecule has 3 rings (SSSR count). The van der Waals surface area contributed by atoms with Crippen LogP contribution in [0.15, 0.2) is 65.6 Å². The molecule has 0 aliphatic heterocycles. The van der Waals surface area contributed by atoms with Crippen LogP contribution in [0.2, 0.25) is 0 Å². The number of pyridine rings is 1.